The van der Waals surface area contributed by atoms with Crippen LogP contribution in [0.1, 0.15) is 41.9 Å². The molecule has 4 heteroatoms. The van der Waals surface area contributed by atoms with Crippen LogP contribution >= 0.6 is 22.9 Å². The second kappa shape index (κ2) is 6.07. The van der Waals surface area contributed by atoms with Crippen LogP contribution in [0.25, 0.3) is 0 Å². The molecule has 2 heterocycles. The highest BCUT2D eigenvalue weighted by molar-refractivity contribution is 7.12. The molecule has 0 radical (unpaired) electrons. The summed E-state index contributed by atoms with van der Waals surface area (Å²) in [4.78, 5) is 15.3. The lowest BCUT2D eigenvalue weighted by atomic mass is 9.94. The first kappa shape index (κ1) is 13.9. The number of alkyl halides is 1. The quantitative estimate of drug-likeness (QED) is 0.774. The van der Waals surface area contributed by atoms with Gasteiger partial charge in [-0.15, -0.1) is 22.9 Å². The third-order valence-electron chi connectivity index (χ3n) is 3.80. The fourth-order valence-corrected chi connectivity index (χ4v) is 3.72. The van der Waals surface area contributed by atoms with Gasteiger partial charge in [-0.05, 0) is 49.1 Å². The van der Waals surface area contributed by atoms with Crippen LogP contribution in [0.2, 0.25) is 0 Å². The minimum absolute atomic E-state index is 0.211. The first-order valence-corrected chi connectivity index (χ1v) is 7.94. The molecule has 1 saturated heterocycles. The van der Waals surface area contributed by atoms with E-state index < -0.39 is 0 Å². The summed E-state index contributed by atoms with van der Waals surface area (Å²) in [6, 6.07) is 2.06. The molecule has 2 nitrogen and oxygen atoms in total. The zero-order valence-corrected chi connectivity index (χ0v) is 12.6. The van der Waals surface area contributed by atoms with Gasteiger partial charge in [0, 0.05) is 18.5 Å². The smallest absolute Gasteiger partial charge is 0.264 e. The summed E-state index contributed by atoms with van der Waals surface area (Å²) in [6.07, 6.45) is 2.99. The molecule has 1 aliphatic heterocycles. The molecule has 100 valence electrons. The minimum Gasteiger partial charge on any atom is -0.338 e. The second-order valence-corrected chi connectivity index (χ2v) is 6.54. The lowest BCUT2D eigenvalue weighted by Gasteiger charge is -2.33. The van der Waals surface area contributed by atoms with Gasteiger partial charge in [-0.2, -0.15) is 0 Å². The molecule has 1 atom stereocenters. The highest BCUT2D eigenvalue weighted by Gasteiger charge is 2.27. The van der Waals surface area contributed by atoms with E-state index in [0.29, 0.717) is 5.92 Å². The molecule has 0 bridgehead atoms. The molecule has 1 aliphatic rings. The van der Waals surface area contributed by atoms with E-state index in [-0.39, 0.29) is 11.3 Å². The Morgan fingerprint density at radius 1 is 1.56 bits per heavy atom. The van der Waals surface area contributed by atoms with Gasteiger partial charge in [0.05, 0.1) is 4.88 Å². The van der Waals surface area contributed by atoms with Crippen molar-refractivity contribution in [1.82, 2.24) is 4.90 Å². The third-order valence-corrected chi connectivity index (χ3v) is 5.10. The van der Waals surface area contributed by atoms with Crippen LogP contribution in [0.15, 0.2) is 11.4 Å². The Bertz CT molecular complexity index is 408. The number of piperidine rings is 1. The molecule has 1 aromatic heterocycles. The maximum atomic E-state index is 12.4. The molecule has 1 amide bonds. The van der Waals surface area contributed by atoms with Crippen LogP contribution in [-0.4, -0.2) is 29.3 Å². The van der Waals surface area contributed by atoms with Gasteiger partial charge in [-0.1, -0.05) is 6.92 Å². The third kappa shape index (κ3) is 2.89. The number of nitrogens with zero attached hydrogens (tertiary/aromatic N) is 1. The Hall–Kier alpha value is -0.540. The molecule has 0 saturated carbocycles. The van der Waals surface area contributed by atoms with E-state index in [4.69, 9.17) is 11.6 Å². The Labute approximate surface area is 118 Å². The number of hydrogen-bond donors (Lipinski definition) is 0. The molecule has 0 N–H and O–H groups in total. The highest BCUT2D eigenvalue weighted by atomic mass is 35.5. The zero-order valence-electron chi connectivity index (χ0n) is 11.0. The van der Waals surface area contributed by atoms with Crippen molar-refractivity contribution < 1.29 is 4.79 Å². The van der Waals surface area contributed by atoms with Crippen molar-refractivity contribution in [2.45, 2.75) is 38.5 Å². The van der Waals surface area contributed by atoms with Gasteiger partial charge in [0.1, 0.15) is 0 Å². The number of carbonyl (C=O) groups excluding carboxylic acids is 1. The number of amides is 1. The summed E-state index contributed by atoms with van der Waals surface area (Å²) in [7, 11) is 0. The first-order valence-electron chi connectivity index (χ1n) is 6.63. The topological polar surface area (TPSA) is 20.3 Å². The van der Waals surface area contributed by atoms with Crippen LogP contribution in [0.4, 0.5) is 0 Å². The van der Waals surface area contributed by atoms with Crippen molar-refractivity contribution in [3.8, 4) is 0 Å². The molecule has 1 fully saturated rings. The Morgan fingerprint density at radius 3 is 2.78 bits per heavy atom. The van der Waals surface area contributed by atoms with Crippen molar-refractivity contribution >= 4 is 28.8 Å². The molecule has 1 aromatic rings. The van der Waals surface area contributed by atoms with E-state index >= 15 is 0 Å². The Kier molecular flexibility index (Phi) is 4.68. The maximum absolute atomic E-state index is 12.4. The Morgan fingerprint density at radius 2 is 2.22 bits per heavy atom. The summed E-state index contributed by atoms with van der Waals surface area (Å²) in [5.74, 6) is 0.771. The summed E-state index contributed by atoms with van der Waals surface area (Å²) in [5.41, 5.74) is 1.18. The van der Waals surface area contributed by atoms with Gasteiger partial charge < -0.3 is 4.90 Å². The van der Waals surface area contributed by atoms with Crippen LogP contribution in [-0.2, 0) is 6.42 Å². The van der Waals surface area contributed by atoms with Gasteiger partial charge >= 0.3 is 0 Å². The molecule has 1 unspecified atom stereocenters. The van der Waals surface area contributed by atoms with E-state index in [9.17, 15) is 4.79 Å². The molecule has 18 heavy (non-hydrogen) atoms. The van der Waals surface area contributed by atoms with Gasteiger partial charge in [-0.3, -0.25) is 4.79 Å². The average Bonchev–Trinajstić information content (AvgIpc) is 2.86. The Balaban J connectivity index is 2.00. The van der Waals surface area contributed by atoms with E-state index in [2.05, 4.69) is 19.9 Å². The number of likely N-dealkylation sites (tertiary alicyclic amines) is 1. The molecular formula is C14H20ClNOS. The lowest BCUT2D eigenvalue weighted by molar-refractivity contribution is 0.0694. The first-order chi connectivity index (χ1) is 8.63. The van der Waals surface area contributed by atoms with Gasteiger partial charge in [0.15, 0.2) is 0 Å². The fourth-order valence-electron chi connectivity index (χ4n) is 2.51. The summed E-state index contributed by atoms with van der Waals surface area (Å²) in [6.45, 7) is 5.85. The van der Waals surface area contributed by atoms with E-state index in [1.807, 2.05) is 10.3 Å². The summed E-state index contributed by atoms with van der Waals surface area (Å²) >= 11 is 7.70. The van der Waals surface area contributed by atoms with Crippen molar-refractivity contribution in [3.05, 3.63) is 21.9 Å². The number of carbonyl (C=O) groups is 1. The summed E-state index contributed by atoms with van der Waals surface area (Å²) in [5, 5.41) is 2.23. The van der Waals surface area contributed by atoms with Gasteiger partial charge in [0.2, 0.25) is 0 Å². The fraction of sp³-hybridized carbons (Fsp3) is 0.643. The standard InChI is InChI=1S/C14H20ClNOS/c1-3-11-6-9-18-13(11)14(17)16-7-4-12(5-8-16)10(2)15/h6,9-10,12H,3-5,7-8H2,1-2H3. The van der Waals surface area contributed by atoms with Crippen molar-refractivity contribution in [3.63, 3.8) is 0 Å². The van der Waals surface area contributed by atoms with Crippen LogP contribution in [0.5, 0.6) is 0 Å². The maximum Gasteiger partial charge on any atom is 0.264 e. The van der Waals surface area contributed by atoms with E-state index in [0.717, 1.165) is 37.2 Å². The monoisotopic (exact) mass is 285 g/mol. The van der Waals surface area contributed by atoms with Crippen LogP contribution in [0.3, 0.4) is 0 Å². The normalized spacial score (nSPS) is 18.9. The van der Waals surface area contributed by atoms with E-state index in [1.165, 1.54) is 5.56 Å². The number of hydrogen-bond acceptors (Lipinski definition) is 2. The zero-order chi connectivity index (χ0) is 13.1. The number of halogens is 1. The van der Waals surface area contributed by atoms with E-state index in [1.54, 1.807) is 11.3 Å². The molecule has 2 rings (SSSR count). The van der Waals surface area contributed by atoms with Crippen molar-refractivity contribution in [2.75, 3.05) is 13.1 Å². The predicted molar refractivity (Wildman–Crippen MR) is 77.6 cm³/mol. The van der Waals surface area contributed by atoms with Gasteiger partial charge in [-0.25, -0.2) is 0 Å². The molecular weight excluding hydrogens is 266 g/mol. The number of thiophene rings is 1. The summed E-state index contributed by atoms with van der Waals surface area (Å²) < 4.78 is 0. The lowest BCUT2D eigenvalue weighted by Crippen LogP contribution is -2.40. The van der Waals surface area contributed by atoms with Crippen molar-refractivity contribution in [1.29, 1.82) is 0 Å². The number of rotatable bonds is 3. The predicted octanol–water partition coefficient (Wildman–Crippen LogP) is 3.79. The SMILES string of the molecule is CCc1ccsc1C(=O)N1CCC(C(C)Cl)CC1. The van der Waals surface area contributed by atoms with Crippen LogP contribution in [0, 0.1) is 5.92 Å². The molecule has 0 aliphatic carbocycles. The second-order valence-electron chi connectivity index (χ2n) is 4.94. The molecule has 0 aromatic carbocycles. The number of aryl methyl sites for hydroxylation is 1. The van der Waals surface area contributed by atoms with Crippen LogP contribution < -0.4 is 0 Å². The largest absolute Gasteiger partial charge is 0.338 e. The highest BCUT2D eigenvalue weighted by Crippen LogP contribution is 2.26. The van der Waals surface area contributed by atoms with Crippen molar-refractivity contribution in [2.24, 2.45) is 5.92 Å². The van der Waals surface area contributed by atoms with Gasteiger partial charge in [0.25, 0.3) is 5.91 Å². The minimum atomic E-state index is 0.211. The molecule has 0 spiro atoms. The average molecular weight is 286 g/mol.